The Bertz CT molecular complexity index is 259. The molecular formula is C10H16N2O2. The molecule has 4 nitrogen and oxygen atoms in total. The summed E-state index contributed by atoms with van der Waals surface area (Å²) in [4.78, 5) is 4.17. The minimum Gasteiger partial charge on any atom is -0.490 e. The molecule has 0 saturated carbocycles. The quantitative estimate of drug-likeness (QED) is 0.717. The van der Waals surface area contributed by atoms with E-state index in [4.69, 9.17) is 15.2 Å². The van der Waals surface area contributed by atoms with Crippen molar-refractivity contribution in [3.05, 3.63) is 24.0 Å². The molecule has 1 unspecified atom stereocenters. The van der Waals surface area contributed by atoms with Gasteiger partial charge in [0.15, 0.2) is 0 Å². The van der Waals surface area contributed by atoms with Crippen LogP contribution in [0, 0.1) is 0 Å². The predicted molar refractivity (Wildman–Crippen MR) is 54.2 cm³/mol. The molecule has 0 amide bonds. The van der Waals surface area contributed by atoms with Crippen molar-refractivity contribution < 1.29 is 9.47 Å². The second-order valence-electron chi connectivity index (χ2n) is 3.05. The zero-order valence-electron chi connectivity index (χ0n) is 8.56. The van der Waals surface area contributed by atoms with Crippen molar-refractivity contribution in [1.29, 1.82) is 0 Å². The van der Waals surface area contributed by atoms with Gasteiger partial charge in [-0.25, -0.2) is 0 Å². The lowest BCUT2D eigenvalue weighted by Gasteiger charge is -2.07. The summed E-state index contributed by atoms with van der Waals surface area (Å²) >= 11 is 0. The molecule has 0 aliphatic rings. The van der Waals surface area contributed by atoms with E-state index in [0.717, 1.165) is 11.4 Å². The fourth-order valence-corrected chi connectivity index (χ4v) is 0.989. The third-order valence-electron chi connectivity index (χ3n) is 1.78. The Hall–Kier alpha value is -1.13. The Morgan fingerprint density at radius 3 is 2.71 bits per heavy atom. The van der Waals surface area contributed by atoms with Crippen LogP contribution < -0.4 is 10.5 Å². The molecule has 14 heavy (non-hydrogen) atoms. The predicted octanol–water partition coefficient (Wildman–Crippen LogP) is 1.13. The minimum atomic E-state index is -0.0389. The number of rotatable bonds is 5. The van der Waals surface area contributed by atoms with Gasteiger partial charge in [-0.15, -0.1) is 0 Å². The molecule has 0 aromatic carbocycles. The number of methoxy groups -OCH3 is 1. The number of nitrogens with two attached hydrogens (primary N) is 1. The van der Waals surface area contributed by atoms with Gasteiger partial charge in [0.2, 0.25) is 0 Å². The highest BCUT2D eigenvalue weighted by Gasteiger charge is 2.00. The van der Waals surface area contributed by atoms with Crippen molar-refractivity contribution in [1.82, 2.24) is 4.98 Å². The Kier molecular flexibility index (Phi) is 4.35. The Labute approximate surface area is 84.0 Å². The minimum absolute atomic E-state index is 0.0389. The maximum Gasteiger partial charge on any atom is 0.137 e. The highest BCUT2D eigenvalue weighted by Crippen LogP contribution is 2.12. The third kappa shape index (κ3) is 3.32. The van der Waals surface area contributed by atoms with Crippen LogP contribution in [0.4, 0.5) is 0 Å². The van der Waals surface area contributed by atoms with E-state index >= 15 is 0 Å². The van der Waals surface area contributed by atoms with Crippen molar-refractivity contribution in [2.75, 3.05) is 20.3 Å². The van der Waals surface area contributed by atoms with Gasteiger partial charge in [0, 0.05) is 13.2 Å². The molecule has 1 atom stereocenters. The van der Waals surface area contributed by atoms with Crippen LogP contribution in [-0.2, 0) is 4.74 Å². The summed E-state index contributed by atoms with van der Waals surface area (Å²) in [5.74, 6) is 0.742. The van der Waals surface area contributed by atoms with Gasteiger partial charge in [0.05, 0.1) is 18.5 Å². The summed E-state index contributed by atoms with van der Waals surface area (Å²) in [7, 11) is 1.64. The van der Waals surface area contributed by atoms with E-state index in [9.17, 15) is 0 Å². The van der Waals surface area contributed by atoms with E-state index in [-0.39, 0.29) is 6.04 Å². The van der Waals surface area contributed by atoms with E-state index in [1.54, 1.807) is 13.3 Å². The topological polar surface area (TPSA) is 57.4 Å². The molecule has 2 N–H and O–H groups in total. The van der Waals surface area contributed by atoms with Gasteiger partial charge in [-0.3, -0.25) is 4.98 Å². The molecule has 1 aromatic heterocycles. The Balaban J connectivity index is 2.47. The molecule has 0 spiro atoms. The smallest absolute Gasteiger partial charge is 0.137 e. The first-order chi connectivity index (χ1) is 6.74. The maximum atomic E-state index is 5.66. The first-order valence-electron chi connectivity index (χ1n) is 4.57. The molecule has 1 rings (SSSR count). The van der Waals surface area contributed by atoms with Gasteiger partial charge in [-0.05, 0) is 19.1 Å². The number of aromatic nitrogens is 1. The van der Waals surface area contributed by atoms with Crippen LogP contribution in [0.25, 0.3) is 0 Å². The molecule has 0 aliphatic carbocycles. The van der Waals surface area contributed by atoms with Crippen LogP contribution in [0.1, 0.15) is 18.7 Å². The lowest BCUT2D eigenvalue weighted by atomic mass is 10.2. The summed E-state index contributed by atoms with van der Waals surface area (Å²) in [6, 6.07) is 3.69. The van der Waals surface area contributed by atoms with Gasteiger partial charge < -0.3 is 15.2 Å². The van der Waals surface area contributed by atoms with Crippen LogP contribution in [0.5, 0.6) is 5.75 Å². The summed E-state index contributed by atoms with van der Waals surface area (Å²) < 4.78 is 10.2. The molecular weight excluding hydrogens is 180 g/mol. The molecule has 1 heterocycles. The number of nitrogens with zero attached hydrogens (tertiary/aromatic N) is 1. The second-order valence-corrected chi connectivity index (χ2v) is 3.05. The first-order valence-corrected chi connectivity index (χ1v) is 4.57. The van der Waals surface area contributed by atoms with Crippen LogP contribution in [0.3, 0.4) is 0 Å². The van der Waals surface area contributed by atoms with Crippen molar-refractivity contribution in [2.24, 2.45) is 5.73 Å². The monoisotopic (exact) mass is 196 g/mol. The molecule has 1 aromatic rings. The number of hydrogen-bond donors (Lipinski definition) is 1. The largest absolute Gasteiger partial charge is 0.490 e. The molecule has 0 bridgehead atoms. The Morgan fingerprint density at radius 2 is 2.21 bits per heavy atom. The fourth-order valence-electron chi connectivity index (χ4n) is 0.989. The highest BCUT2D eigenvalue weighted by atomic mass is 16.5. The lowest BCUT2D eigenvalue weighted by molar-refractivity contribution is 0.146. The van der Waals surface area contributed by atoms with E-state index in [1.807, 2.05) is 19.1 Å². The summed E-state index contributed by atoms with van der Waals surface area (Å²) in [5.41, 5.74) is 6.53. The van der Waals surface area contributed by atoms with Crippen LogP contribution in [0.2, 0.25) is 0 Å². The van der Waals surface area contributed by atoms with E-state index in [1.165, 1.54) is 0 Å². The van der Waals surface area contributed by atoms with Crippen LogP contribution in [0.15, 0.2) is 18.3 Å². The van der Waals surface area contributed by atoms with Gasteiger partial charge in [0.1, 0.15) is 12.4 Å². The van der Waals surface area contributed by atoms with Crippen LogP contribution in [-0.4, -0.2) is 25.3 Å². The van der Waals surface area contributed by atoms with Crippen molar-refractivity contribution >= 4 is 0 Å². The van der Waals surface area contributed by atoms with Crippen LogP contribution >= 0.6 is 0 Å². The van der Waals surface area contributed by atoms with E-state index < -0.39 is 0 Å². The number of ether oxygens (including phenoxy) is 2. The van der Waals surface area contributed by atoms with Crippen molar-refractivity contribution in [2.45, 2.75) is 13.0 Å². The van der Waals surface area contributed by atoms with Crippen molar-refractivity contribution in [3.8, 4) is 5.75 Å². The molecule has 0 radical (unpaired) electrons. The lowest BCUT2D eigenvalue weighted by Crippen LogP contribution is -2.08. The standard InChI is InChI=1S/C10H16N2O2/c1-8(11)10-4-3-9(7-12-10)14-6-5-13-2/h3-4,7-8H,5-6,11H2,1-2H3. The average molecular weight is 196 g/mol. The van der Waals surface area contributed by atoms with Gasteiger partial charge in [0.25, 0.3) is 0 Å². The van der Waals surface area contributed by atoms with Gasteiger partial charge in [-0.2, -0.15) is 0 Å². The third-order valence-corrected chi connectivity index (χ3v) is 1.78. The van der Waals surface area contributed by atoms with Gasteiger partial charge >= 0.3 is 0 Å². The summed E-state index contributed by atoms with van der Waals surface area (Å²) in [6.45, 7) is 3.01. The second kappa shape index (κ2) is 5.57. The zero-order chi connectivity index (χ0) is 10.4. The molecule has 0 fully saturated rings. The van der Waals surface area contributed by atoms with E-state index in [0.29, 0.717) is 13.2 Å². The summed E-state index contributed by atoms with van der Waals surface area (Å²) in [5, 5.41) is 0. The molecule has 0 aliphatic heterocycles. The number of hydrogen-bond acceptors (Lipinski definition) is 4. The molecule has 0 saturated heterocycles. The normalized spacial score (nSPS) is 12.5. The zero-order valence-corrected chi connectivity index (χ0v) is 8.56. The highest BCUT2D eigenvalue weighted by molar-refractivity contribution is 5.21. The average Bonchev–Trinajstić information content (AvgIpc) is 2.19. The van der Waals surface area contributed by atoms with Gasteiger partial charge in [-0.1, -0.05) is 0 Å². The SMILES string of the molecule is COCCOc1ccc(C(C)N)nc1. The molecule has 4 heteroatoms. The summed E-state index contributed by atoms with van der Waals surface area (Å²) in [6.07, 6.45) is 1.67. The number of pyridine rings is 1. The van der Waals surface area contributed by atoms with E-state index in [2.05, 4.69) is 4.98 Å². The Morgan fingerprint density at radius 1 is 1.43 bits per heavy atom. The van der Waals surface area contributed by atoms with Crippen molar-refractivity contribution in [3.63, 3.8) is 0 Å². The molecule has 78 valence electrons. The fraction of sp³-hybridized carbons (Fsp3) is 0.500. The maximum absolute atomic E-state index is 5.66. The first kappa shape index (κ1) is 10.9.